The Hall–Kier alpha value is -3.10. The van der Waals surface area contributed by atoms with Gasteiger partial charge in [0.2, 0.25) is 5.91 Å². The summed E-state index contributed by atoms with van der Waals surface area (Å²) >= 11 is 0. The van der Waals surface area contributed by atoms with Gasteiger partial charge in [-0.3, -0.25) is 19.7 Å². The average Bonchev–Trinajstić information content (AvgIpc) is 2.67. The van der Waals surface area contributed by atoms with Crippen LogP contribution in [0.5, 0.6) is 5.75 Å². The molecule has 27 heavy (non-hydrogen) atoms. The van der Waals surface area contributed by atoms with E-state index in [1.165, 1.54) is 18.3 Å². The summed E-state index contributed by atoms with van der Waals surface area (Å²) in [5, 5.41) is 0. The topological polar surface area (TPSA) is 75.6 Å². The van der Waals surface area contributed by atoms with Crippen LogP contribution in [-0.4, -0.2) is 51.3 Å². The SMILES string of the molecule is O=C1CCN(Cc2cccnc2)C(=O)N1Cc1cc(OCC(F)F)ccn1. The molecule has 3 amide bonds. The number of ether oxygens (including phenoxy) is 1. The van der Waals surface area contributed by atoms with E-state index >= 15 is 0 Å². The number of hydrogen-bond donors (Lipinski definition) is 0. The van der Waals surface area contributed by atoms with Crippen molar-refractivity contribution in [1.82, 2.24) is 19.8 Å². The summed E-state index contributed by atoms with van der Waals surface area (Å²) < 4.78 is 29.5. The molecule has 0 bridgehead atoms. The summed E-state index contributed by atoms with van der Waals surface area (Å²) in [6.45, 7) is -0.105. The number of amides is 3. The highest BCUT2D eigenvalue weighted by Gasteiger charge is 2.32. The standard InChI is InChI=1S/C18H18F2N4O3/c19-16(20)12-27-15-3-6-22-14(8-15)11-24-17(25)4-7-23(18(24)26)10-13-2-1-5-21-9-13/h1-3,5-6,8-9,16H,4,7,10-12H2. The fraction of sp³-hybridized carbons (Fsp3) is 0.333. The molecule has 3 heterocycles. The van der Waals surface area contributed by atoms with E-state index in [2.05, 4.69) is 9.97 Å². The fourth-order valence-corrected chi connectivity index (χ4v) is 2.71. The first-order valence-corrected chi connectivity index (χ1v) is 8.37. The minimum atomic E-state index is -2.59. The van der Waals surface area contributed by atoms with Crippen molar-refractivity contribution in [2.24, 2.45) is 0 Å². The van der Waals surface area contributed by atoms with E-state index in [-0.39, 0.29) is 24.6 Å². The average molecular weight is 376 g/mol. The van der Waals surface area contributed by atoms with Gasteiger partial charge in [-0.2, -0.15) is 0 Å². The van der Waals surface area contributed by atoms with Crippen LogP contribution in [0, 0.1) is 0 Å². The van der Waals surface area contributed by atoms with Gasteiger partial charge in [0.05, 0.1) is 12.2 Å². The van der Waals surface area contributed by atoms with Crippen LogP contribution >= 0.6 is 0 Å². The van der Waals surface area contributed by atoms with Gasteiger partial charge in [0.1, 0.15) is 12.4 Å². The van der Waals surface area contributed by atoms with Crippen molar-refractivity contribution in [3.8, 4) is 5.75 Å². The van der Waals surface area contributed by atoms with Crippen molar-refractivity contribution in [3.05, 3.63) is 54.1 Å². The van der Waals surface area contributed by atoms with Gasteiger partial charge < -0.3 is 9.64 Å². The van der Waals surface area contributed by atoms with E-state index in [0.29, 0.717) is 18.8 Å². The Kier molecular flexibility index (Phi) is 5.90. The van der Waals surface area contributed by atoms with Gasteiger partial charge in [-0.15, -0.1) is 0 Å². The lowest BCUT2D eigenvalue weighted by Gasteiger charge is -2.34. The predicted octanol–water partition coefficient (Wildman–Crippen LogP) is 2.48. The molecule has 0 aromatic carbocycles. The molecule has 0 aliphatic carbocycles. The van der Waals surface area contributed by atoms with Crippen LogP contribution in [0.25, 0.3) is 0 Å². The lowest BCUT2D eigenvalue weighted by atomic mass is 10.2. The molecule has 1 fully saturated rings. The van der Waals surface area contributed by atoms with E-state index in [0.717, 1.165) is 10.5 Å². The first-order chi connectivity index (χ1) is 13.0. The quantitative estimate of drug-likeness (QED) is 0.742. The summed E-state index contributed by atoms with van der Waals surface area (Å²) in [5.74, 6) is -0.0902. The van der Waals surface area contributed by atoms with Crippen LogP contribution in [0.1, 0.15) is 17.7 Å². The molecule has 7 nitrogen and oxygen atoms in total. The molecule has 1 saturated heterocycles. The number of halogens is 2. The first kappa shape index (κ1) is 18.7. The minimum Gasteiger partial charge on any atom is -0.488 e. The molecule has 2 aromatic heterocycles. The molecule has 142 valence electrons. The van der Waals surface area contributed by atoms with Crippen molar-refractivity contribution in [1.29, 1.82) is 0 Å². The first-order valence-electron chi connectivity index (χ1n) is 8.37. The van der Waals surface area contributed by atoms with E-state index in [4.69, 9.17) is 4.74 Å². The summed E-state index contributed by atoms with van der Waals surface area (Å²) in [6.07, 6.45) is 2.31. The van der Waals surface area contributed by atoms with Gasteiger partial charge in [0, 0.05) is 44.2 Å². The normalized spacial score (nSPS) is 14.8. The number of aromatic nitrogens is 2. The highest BCUT2D eigenvalue weighted by atomic mass is 19.3. The third kappa shape index (κ3) is 4.96. The van der Waals surface area contributed by atoms with E-state index in [1.807, 2.05) is 6.07 Å². The number of carbonyl (C=O) groups excluding carboxylic acids is 2. The van der Waals surface area contributed by atoms with Crippen LogP contribution in [-0.2, 0) is 17.9 Å². The largest absolute Gasteiger partial charge is 0.488 e. The molecule has 9 heteroatoms. The maximum absolute atomic E-state index is 12.7. The molecule has 2 aromatic rings. The molecule has 0 saturated carbocycles. The number of nitrogens with zero attached hydrogens (tertiary/aromatic N) is 4. The summed E-state index contributed by atoms with van der Waals surface area (Å²) in [4.78, 5) is 35.7. The van der Waals surface area contributed by atoms with Crippen molar-refractivity contribution >= 4 is 11.9 Å². The second-order valence-corrected chi connectivity index (χ2v) is 5.98. The number of rotatable bonds is 7. The number of carbonyl (C=O) groups is 2. The highest BCUT2D eigenvalue weighted by Crippen LogP contribution is 2.19. The van der Waals surface area contributed by atoms with Gasteiger partial charge in [0.25, 0.3) is 6.43 Å². The molecule has 1 aliphatic heterocycles. The zero-order chi connectivity index (χ0) is 19.2. The summed E-state index contributed by atoms with van der Waals surface area (Å²) in [7, 11) is 0. The van der Waals surface area contributed by atoms with E-state index in [9.17, 15) is 18.4 Å². The Balaban J connectivity index is 1.68. The fourth-order valence-electron chi connectivity index (χ4n) is 2.71. The predicted molar refractivity (Wildman–Crippen MR) is 90.9 cm³/mol. The lowest BCUT2D eigenvalue weighted by molar-refractivity contribution is -0.131. The molecule has 0 spiro atoms. The molecule has 0 radical (unpaired) electrons. The summed E-state index contributed by atoms with van der Waals surface area (Å²) in [5.41, 5.74) is 1.24. The second-order valence-electron chi connectivity index (χ2n) is 5.98. The molecular weight excluding hydrogens is 358 g/mol. The van der Waals surface area contributed by atoms with Crippen molar-refractivity contribution in [2.45, 2.75) is 25.9 Å². The van der Waals surface area contributed by atoms with E-state index in [1.54, 1.807) is 23.4 Å². The minimum absolute atomic E-state index is 0.0485. The van der Waals surface area contributed by atoms with Crippen molar-refractivity contribution < 1.29 is 23.1 Å². The Bertz CT molecular complexity index is 804. The van der Waals surface area contributed by atoms with Gasteiger partial charge in [-0.1, -0.05) is 6.07 Å². The van der Waals surface area contributed by atoms with Crippen LogP contribution in [0.2, 0.25) is 0 Å². The van der Waals surface area contributed by atoms with Crippen LogP contribution in [0.3, 0.4) is 0 Å². The molecule has 1 aliphatic rings. The van der Waals surface area contributed by atoms with Crippen molar-refractivity contribution in [2.75, 3.05) is 13.2 Å². The smallest absolute Gasteiger partial charge is 0.327 e. The van der Waals surface area contributed by atoms with Gasteiger partial charge in [-0.25, -0.2) is 13.6 Å². The lowest BCUT2D eigenvalue weighted by Crippen LogP contribution is -2.51. The second kappa shape index (κ2) is 8.52. The third-order valence-electron chi connectivity index (χ3n) is 3.98. The maximum Gasteiger partial charge on any atom is 0.327 e. The van der Waals surface area contributed by atoms with E-state index < -0.39 is 19.1 Å². The molecule has 0 N–H and O–H groups in total. The Labute approximate surface area is 154 Å². The number of urea groups is 1. The molecule has 0 unspecified atom stereocenters. The molecule has 0 atom stereocenters. The number of pyridine rings is 2. The summed E-state index contributed by atoms with van der Waals surface area (Å²) in [6, 6.07) is 6.10. The number of imide groups is 1. The Morgan fingerprint density at radius 3 is 2.78 bits per heavy atom. The third-order valence-corrected chi connectivity index (χ3v) is 3.98. The van der Waals surface area contributed by atoms with Crippen molar-refractivity contribution in [3.63, 3.8) is 0 Å². The monoisotopic (exact) mass is 376 g/mol. The highest BCUT2D eigenvalue weighted by molar-refractivity contribution is 5.96. The Morgan fingerprint density at radius 2 is 2.04 bits per heavy atom. The zero-order valence-electron chi connectivity index (χ0n) is 14.4. The van der Waals surface area contributed by atoms with Gasteiger partial charge in [0.15, 0.2) is 0 Å². The van der Waals surface area contributed by atoms with Crippen LogP contribution in [0.15, 0.2) is 42.9 Å². The van der Waals surface area contributed by atoms with Gasteiger partial charge >= 0.3 is 6.03 Å². The van der Waals surface area contributed by atoms with Crippen LogP contribution < -0.4 is 4.74 Å². The maximum atomic E-state index is 12.7. The Morgan fingerprint density at radius 1 is 1.19 bits per heavy atom. The van der Waals surface area contributed by atoms with Crippen LogP contribution in [0.4, 0.5) is 13.6 Å². The zero-order valence-corrected chi connectivity index (χ0v) is 14.4. The number of alkyl halides is 2. The number of hydrogen-bond acceptors (Lipinski definition) is 5. The molecule has 3 rings (SSSR count). The van der Waals surface area contributed by atoms with Gasteiger partial charge in [-0.05, 0) is 17.7 Å². The molecular formula is C18H18F2N4O3.